The summed E-state index contributed by atoms with van der Waals surface area (Å²) >= 11 is 1.08. The summed E-state index contributed by atoms with van der Waals surface area (Å²) in [6.45, 7) is 1.92. The molecule has 1 atom stereocenters. The lowest BCUT2D eigenvalue weighted by atomic mass is 9.98. The van der Waals surface area contributed by atoms with Crippen LogP contribution in [0.1, 0.15) is 18.9 Å². The fraction of sp³-hybridized carbons (Fsp3) is 0.385. The molecule has 3 rings (SSSR count). The van der Waals surface area contributed by atoms with Crippen molar-refractivity contribution in [2.75, 3.05) is 10.0 Å². The lowest BCUT2D eigenvalue weighted by molar-refractivity contribution is -0.0429. The summed E-state index contributed by atoms with van der Waals surface area (Å²) in [4.78, 5) is 0. The molecule has 0 bridgehead atoms. The number of halogens is 3. The number of anilines is 2. The van der Waals surface area contributed by atoms with Crippen LogP contribution in [0, 0.1) is 0 Å². The van der Waals surface area contributed by atoms with Gasteiger partial charge in [-0.3, -0.25) is 4.72 Å². The van der Waals surface area contributed by atoms with Crippen LogP contribution in [-0.4, -0.2) is 30.2 Å². The molecular formula is C13H13F3N6O2S2. The minimum absolute atomic E-state index is 0.0388. The van der Waals surface area contributed by atoms with Gasteiger partial charge in [0.15, 0.2) is 0 Å². The van der Waals surface area contributed by atoms with Gasteiger partial charge in [0.25, 0.3) is 5.13 Å². The zero-order chi connectivity index (χ0) is 18.9. The molecule has 2 N–H and O–H groups in total. The number of aromatic nitrogens is 2. The molecule has 1 unspecified atom stereocenters. The zero-order valence-electron chi connectivity index (χ0n) is 13.3. The van der Waals surface area contributed by atoms with E-state index in [2.05, 4.69) is 25.7 Å². The lowest BCUT2D eigenvalue weighted by Crippen LogP contribution is -2.30. The summed E-state index contributed by atoms with van der Waals surface area (Å²) < 4.78 is 62.7. The quantitative estimate of drug-likeness (QED) is 0.747. The van der Waals surface area contributed by atoms with Gasteiger partial charge in [-0.25, -0.2) is 0 Å². The van der Waals surface area contributed by atoms with Crippen LogP contribution in [0.15, 0.2) is 27.9 Å². The highest BCUT2D eigenvalue weighted by molar-refractivity contribution is 7.93. The molecule has 1 aromatic heterocycles. The zero-order valence-corrected chi connectivity index (χ0v) is 14.9. The Bertz CT molecular complexity index is 928. The van der Waals surface area contributed by atoms with Crippen LogP contribution in [0.2, 0.25) is 0 Å². The van der Waals surface area contributed by atoms with Crippen LogP contribution in [-0.2, 0) is 16.4 Å². The minimum Gasteiger partial charge on any atom is -0.382 e. The number of sulfonamides is 1. The molecule has 26 heavy (non-hydrogen) atoms. The number of rotatable bonds is 4. The van der Waals surface area contributed by atoms with Gasteiger partial charge in [0.1, 0.15) is 11.2 Å². The van der Waals surface area contributed by atoms with E-state index < -0.39 is 15.5 Å². The third-order valence-electron chi connectivity index (χ3n) is 3.61. The minimum atomic E-state index is -5.59. The number of nitrogens with one attached hydrogen (secondary N) is 2. The van der Waals surface area contributed by atoms with Gasteiger partial charge in [0, 0.05) is 11.7 Å². The summed E-state index contributed by atoms with van der Waals surface area (Å²) in [6.07, 6.45) is 1.50. The Morgan fingerprint density at radius 1 is 1.35 bits per heavy atom. The molecule has 0 fully saturated rings. The van der Waals surface area contributed by atoms with Crippen LogP contribution in [0.3, 0.4) is 0 Å². The van der Waals surface area contributed by atoms with Crippen molar-refractivity contribution >= 4 is 43.6 Å². The predicted octanol–water partition coefficient (Wildman–Crippen LogP) is 3.96. The van der Waals surface area contributed by atoms with Gasteiger partial charge in [-0.2, -0.15) is 21.6 Å². The molecule has 0 amide bonds. The maximum Gasteiger partial charge on any atom is 0.516 e. The molecule has 0 saturated carbocycles. The number of hydrogen-bond acceptors (Lipinski definition) is 8. The second-order valence-corrected chi connectivity index (χ2v) is 8.07. The van der Waals surface area contributed by atoms with Gasteiger partial charge >= 0.3 is 15.5 Å². The Balaban J connectivity index is 2.03. The third-order valence-corrected chi connectivity index (χ3v) is 5.28. The smallest absolute Gasteiger partial charge is 0.382 e. The van der Waals surface area contributed by atoms with Gasteiger partial charge in [0.05, 0.1) is 5.69 Å². The van der Waals surface area contributed by atoms with Gasteiger partial charge < -0.3 is 5.32 Å². The summed E-state index contributed by atoms with van der Waals surface area (Å²) in [5.41, 5.74) is -3.03. The number of nitrogens with zero attached hydrogens (tertiary/aromatic N) is 4. The first-order valence-electron chi connectivity index (χ1n) is 7.36. The highest BCUT2D eigenvalue weighted by Gasteiger charge is 2.46. The van der Waals surface area contributed by atoms with Crippen molar-refractivity contribution < 1.29 is 21.6 Å². The van der Waals surface area contributed by atoms with E-state index in [1.165, 1.54) is 17.6 Å². The highest BCUT2D eigenvalue weighted by Crippen LogP contribution is 2.38. The lowest BCUT2D eigenvalue weighted by Gasteiger charge is -2.25. The van der Waals surface area contributed by atoms with E-state index in [1.807, 2.05) is 6.92 Å². The average Bonchev–Trinajstić information content (AvgIpc) is 3.05. The molecule has 1 aromatic carbocycles. The first-order chi connectivity index (χ1) is 12.2. The van der Waals surface area contributed by atoms with Crippen LogP contribution >= 0.6 is 11.3 Å². The Labute approximate surface area is 150 Å². The highest BCUT2D eigenvalue weighted by atomic mass is 32.2. The fourth-order valence-corrected chi connectivity index (χ4v) is 3.30. The number of fused-ring (bicyclic) bond motifs is 1. The predicted molar refractivity (Wildman–Crippen MR) is 90.5 cm³/mol. The second kappa shape index (κ2) is 6.79. The Kier molecular flexibility index (Phi) is 4.84. The van der Waals surface area contributed by atoms with E-state index in [0.717, 1.165) is 23.3 Å². The molecule has 2 aromatic rings. The first kappa shape index (κ1) is 18.5. The number of hydrogen-bond donors (Lipinski definition) is 2. The van der Waals surface area contributed by atoms with Crippen molar-refractivity contribution in [1.82, 2.24) is 10.2 Å². The second-order valence-electron chi connectivity index (χ2n) is 5.58. The van der Waals surface area contributed by atoms with Crippen LogP contribution in [0.5, 0.6) is 0 Å². The van der Waals surface area contributed by atoms with Crippen molar-refractivity contribution in [3.63, 3.8) is 0 Å². The summed E-state index contributed by atoms with van der Waals surface area (Å²) in [7, 11) is -5.59. The Morgan fingerprint density at radius 3 is 2.77 bits per heavy atom. The molecule has 1 aliphatic heterocycles. The molecule has 140 valence electrons. The number of azo groups is 1. The largest absolute Gasteiger partial charge is 0.516 e. The molecular weight excluding hydrogens is 393 g/mol. The topological polar surface area (TPSA) is 109 Å². The SMILES string of the molecule is CC1CCc2cc(N=Nc3nncs3)c(NS(=O)(=O)C(F)(F)F)cc2N1. The van der Waals surface area contributed by atoms with Crippen LogP contribution in [0.4, 0.5) is 35.4 Å². The molecule has 0 aliphatic carbocycles. The molecule has 13 heteroatoms. The molecule has 1 aliphatic rings. The van der Waals surface area contributed by atoms with E-state index in [0.29, 0.717) is 12.1 Å². The van der Waals surface area contributed by atoms with Crippen molar-refractivity contribution in [3.05, 3.63) is 23.2 Å². The summed E-state index contributed by atoms with van der Waals surface area (Å²) in [5.74, 6) is 0. The third kappa shape index (κ3) is 3.93. The molecule has 0 radical (unpaired) electrons. The fourth-order valence-electron chi connectivity index (χ4n) is 2.36. The molecule has 2 heterocycles. The van der Waals surface area contributed by atoms with E-state index in [-0.39, 0.29) is 22.5 Å². The summed E-state index contributed by atoms with van der Waals surface area (Å²) in [6, 6.07) is 2.92. The van der Waals surface area contributed by atoms with Crippen LogP contribution in [0.25, 0.3) is 0 Å². The average molecular weight is 406 g/mol. The van der Waals surface area contributed by atoms with E-state index in [1.54, 1.807) is 4.72 Å². The monoisotopic (exact) mass is 406 g/mol. The first-order valence-corrected chi connectivity index (χ1v) is 9.72. The van der Waals surface area contributed by atoms with Crippen molar-refractivity contribution in [2.24, 2.45) is 10.2 Å². The van der Waals surface area contributed by atoms with Gasteiger partial charge in [-0.15, -0.1) is 20.4 Å². The van der Waals surface area contributed by atoms with Gasteiger partial charge in [-0.05, 0) is 37.5 Å². The molecule has 0 saturated heterocycles. The number of alkyl halides is 3. The van der Waals surface area contributed by atoms with Gasteiger partial charge in [0.2, 0.25) is 0 Å². The number of benzene rings is 1. The normalized spacial score (nSPS) is 17.8. The van der Waals surface area contributed by atoms with E-state index in [4.69, 9.17) is 0 Å². The maximum absolute atomic E-state index is 12.7. The number of aryl methyl sites for hydroxylation is 1. The Hall–Kier alpha value is -2.28. The molecule has 0 spiro atoms. The van der Waals surface area contributed by atoms with Gasteiger partial charge in [-0.1, -0.05) is 11.3 Å². The van der Waals surface area contributed by atoms with Crippen molar-refractivity contribution in [3.8, 4) is 0 Å². The Morgan fingerprint density at radius 2 is 2.12 bits per heavy atom. The standard InChI is InChI=1S/C13H13F3N6O2S2/c1-7-2-3-8-4-10(19-21-12-20-17-6-25-12)11(5-9(8)18-7)22-26(23,24)13(14,15)16/h4-7,18,22H,2-3H2,1H3. The molecule has 8 nitrogen and oxygen atoms in total. The van der Waals surface area contributed by atoms with Crippen molar-refractivity contribution in [2.45, 2.75) is 31.3 Å². The maximum atomic E-state index is 12.7. The van der Waals surface area contributed by atoms with Crippen molar-refractivity contribution in [1.29, 1.82) is 0 Å². The van der Waals surface area contributed by atoms with E-state index >= 15 is 0 Å². The summed E-state index contributed by atoms with van der Waals surface area (Å²) in [5, 5.41) is 18.2. The van der Waals surface area contributed by atoms with E-state index in [9.17, 15) is 21.6 Å². The van der Waals surface area contributed by atoms with Crippen LogP contribution < -0.4 is 10.0 Å².